The largest absolute Gasteiger partial charge is 0.545 e. The highest BCUT2D eigenvalue weighted by molar-refractivity contribution is 5.70. The van der Waals surface area contributed by atoms with Crippen molar-refractivity contribution in [3.8, 4) is 0 Å². The van der Waals surface area contributed by atoms with Gasteiger partial charge in [0.15, 0.2) is 12.4 Å². The fourth-order valence-electron chi connectivity index (χ4n) is 10.0. The number of hydrogen-bond donors (Lipinski definition) is 0. The van der Waals surface area contributed by atoms with Gasteiger partial charge >= 0.3 is 11.9 Å². The quantitative estimate of drug-likeness (QED) is 0.0195. The van der Waals surface area contributed by atoms with Crippen molar-refractivity contribution < 1.29 is 42.9 Å². The van der Waals surface area contributed by atoms with Crippen molar-refractivity contribution in [1.82, 2.24) is 0 Å². The Bertz CT molecular complexity index is 1310. The van der Waals surface area contributed by atoms with E-state index in [9.17, 15) is 19.5 Å². The maximum atomic E-state index is 12.9. The molecular weight excluding hydrogens is 959 g/mol. The monoisotopic (exact) mass is 1090 g/mol. The van der Waals surface area contributed by atoms with E-state index in [0.717, 1.165) is 44.9 Å². The summed E-state index contributed by atoms with van der Waals surface area (Å²) in [5.74, 6) is -2.25. The standard InChI is InChI=1S/C68H129NO8/c1-6-8-10-12-14-16-18-20-22-24-25-26-27-28-29-30-31-32-33-34-35-36-37-38-39-40-41-43-45-47-49-51-53-55-57-59-66(71)77-64(63-76-68(67(72)73)74-61-60-69(3,4)5)62-75-65(70)58-56-54-52-50-48-46-44-42-23-21-19-17-15-13-11-9-7-2/h18,20,24-25,64,68H,6-17,19,21-23,26-63H2,1-5H3/b20-18-,25-24-. The minimum atomic E-state index is -1.62. The van der Waals surface area contributed by atoms with Crippen LogP contribution in [0.4, 0.5) is 0 Å². The molecule has 0 aliphatic carbocycles. The highest BCUT2D eigenvalue weighted by atomic mass is 16.7. The summed E-state index contributed by atoms with van der Waals surface area (Å²) >= 11 is 0. The lowest BCUT2D eigenvalue weighted by Gasteiger charge is -2.26. The van der Waals surface area contributed by atoms with Crippen LogP contribution >= 0.6 is 0 Å². The molecule has 9 nitrogen and oxygen atoms in total. The molecule has 2 atom stereocenters. The van der Waals surface area contributed by atoms with Crippen LogP contribution in [0.5, 0.6) is 0 Å². The van der Waals surface area contributed by atoms with Crippen LogP contribution in [-0.4, -0.2) is 82.3 Å². The number of unbranched alkanes of at least 4 members (excludes halogenated alkanes) is 44. The van der Waals surface area contributed by atoms with Crippen molar-refractivity contribution in [3.63, 3.8) is 0 Å². The van der Waals surface area contributed by atoms with Crippen LogP contribution in [0.1, 0.15) is 335 Å². The summed E-state index contributed by atoms with van der Waals surface area (Å²) in [7, 11) is 5.94. The third-order valence-electron chi connectivity index (χ3n) is 15.2. The van der Waals surface area contributed by atoms with Gasteiger partial charge in [0, 0.05) is 12.8 Å². The molecule has 454 valence electrons. The average molecular weight is 1090 g/mol. The number of quaternary nitrogens is 1. The van der Waals surface area contributed by atoms with E-state index >= 15 is 0 Å². The lowest BCUT2D eigenvalue weighted by atomic mass is 10.0. The van der Waals surface area contributed by atoms with E-state index in [1.165, 1.54) is 263 Å². The fourth-order valence-corrected chi connectivity index (χ4v) is 10.0. The summed E-state index contributed by atoms with van der Waals surface area (Å²) in [5, 5.41) is 11.8. The first-order valence-electron chi connectivity index (χ1n) is 33.5. The Labute approximate surface area is 478 Å². The van der Waals surface area contributed by atoms with E-state index in [1.807, 2.05) is 21.1 Å². The van der Waals surface area contributed by atoms with Gasteiger partial charge in [-0.3, -0.25) is 9.59 Å². The number of carbonyl (C=O) groups is 3. The zero-order valence-corrected chi connectivity index (χ0v) is 51.9. The van der Waals surface area contributed by atoms with E-state index < -0.39 is 24.3 Å². The van der Waals surface area contributed by atoms with Crippen LogP contribution < -0.4 is 5.11 Å². The molecule has 9 heteroatoms. The van der Waals surface area contributed by atoms with Crippen molar-refractivity contribution >= 4 is 17.9 Å². The van der Waals surface area contributed by atoms with Crippen LogP contribution in [0.3, 0.4) is 0 Å². The van der Waals surface area contributed by atoms with Gasteiger partial charge in [-0.15, -0.1) is 0 Å². The molecule has 2 unspecified atom stereocenters. The normalized spacial score (nSPS) is 12.8. The van der Waals surface area contributed by atoms with E-state index in [2.05, 4.69) is 38.2 Å². The molecule has 0 aliphatic rings. The predicted octanol–water partition coefficient (Wildman–Crippen LogP) is 18.9. The molecule has 0 aliphatic heterocycles. The Kier molecular flexibility index (Phi) is 58.1. The zero-order chi connectivity index (χ0) is 56.2. The van der Waals surface area contributed by atoms with Crippen molar-refractivity contribution in [2.24, 2.45) is 0 Å². The molecule has 0 spiro atoms. The minimum Gasteiger partial charge on any atom is -0.545 e. The summed E-state index contributed by atoms with van der Waals surface area (Å²) in [5.41, 5.74) is 0. The smallest absolute Gasteiger partial charge is 0.306 e. The molecule has 77 heavy (non-hydrogen) atoms. The molecule has 0 rings (SSSR count). The molecule has 0 heterocycles. The second-order valence-corrected chi connectivity index (χ2v) is 24.1. The third-order valence-corrected chi connectivity index (χ3v) is 15.2. The molecule has 0 saturated carbocycles. The highest BCUT2D eigenvalue weighted by Gasteiger charge is 2.22. The van der Waals surface area contributed by atoms with Gasteiger partial charge < -0.3 is 33.3 Å². The van der Waals surface area contributed by atoms with Crippen molar-refractivity contribution in [1.29, 1.82) is 0 Å². The van der Waals surface area contributed by atoms with E-state index in [-0.39, 0.29) is 32.2 Å². The van der Waals surface area contributed by atoms with Crippen LogP contribution in [0, 0.1) is 0 Å². The molecule has 0 aromatic carbocycles. The Hall–Kier alpha value is -2.23. The van der Waals surface area contributed by atoms with Crippen LogP contribution in [-0.2, 0) is 33.3 Å². The van der Waals surface area contributed by atoms with Gasteiger partial charge in [-0.25, -0.2) is 0 Å². The summed E-state index contributed by atoms with van der Waals surface area (Å²) in [6.45, 7) is 4.80. The Morgan fingerprint density at radius 3 is 1.03 bits per heavy atom. The molecular formula is C68H129NO8. The maximum absolute atomic E-state index is 12.9. The number of carbonyl (C=O) groups excluding carboxylic acids is 3. The summed E-state index contributed by atoms with van der Waals surface area (Å²) in [6, 6.07) is 0. The SMILES string of the molecule is CCCCCCC/C=C\C/C=C\CCCCCCCCCCCCCCCCCCCCCCCCCC(=O)OC(COC(=O)CCCCCCCCCCCCCCCCCCC)COC(OCC[N+](C)(C)C)C(=O)[O-]. The predicted molar refractivity (Wildman–Crippen MR) is 325 cm³/mol. The minimum absolute atomic E-state index is 0.152. The van der Waals surface area contributed by atoms with Gasteiger partial charge in [-0.2, -0.15) is 0 Å². The third kappa shape index (κ3) is 61.2. The number of rotatable bonds is 63. The molecule has 0 fully saturated rings. The highest BCUT2D eigenvalue weighted by Crippen LogP contribution is 2.18. The van der Waals surface area contributed by atoms with Crippen LogP contribution in [0.15, 0.2) is 24.3 Å². The number of carboxylic acids is 1. The summed E-state index contributed by atoms with van der Waals surface area (Å²) in [6.07, 6.45) is 69.7. The van der Waals surface area contributed by atoms with Crippen molar-refractivity contribution in [2.45, 2.75) is 347 Å². The first-order chi connectivity index (χ1) is 37.6. The van der Waals surface area contributed by atoms with Gasteiger partial charge in [0.05, 0.1) is 40.3 Å². The number of carboxylic acid groups (broad SMARTS) is 1. The molecule has 0 saturated heterocycles. The van der Waals surface area contributed by atoms with E-state index in [4.69, 9.17) is 18.9 Å². The number of hydrogen-bond acceptors (Lipinski definition) is 8. The van der Waals surface area contributed by atoms with Crippen molar-refractivity contribution in [2.75, 3.05) is 47.5 Å². The number of nitrogens with zero attached hydrogens (tertiary/aromatic N) is 1. The zero-order valence-electron chi connectivity index (χ0n) is 51.9. The first kappa shape index (κ1) is 74.8. The van der Waals surface area contributed by atoms with E-state index in [1.54, 1.807) is 0 Å². The second kappa shape index (κ2) is 59.9. The van der Waals surface area contributed by atoms with Gasteiger partial charge in [-0.1, -0.05) is 301 Å². The maximum Gasteiger partial charge on any atom is 0.306 e. The summed E-state index contributed by atoms with van der Waals surface area (Å²) < 4.78 is 22.8. The second-order valence-electron chi connectivity index (χ2n) is 24.1. The lowest BCUT2D eigenvalue weighted by Crippen LogP contribution is -2.44. The number of esters is 2. The van der Waals surface area contributed by atoms with E-state index in [0.29, 0.717) is 17.4 Å². The number of ether oxygens (including phenoxy) is 4. The molecule has 0 N–H and O–H groups in total. The van der Waals surface area contributed by atoms with Gasteiger partial charge in [-0.05, 0) is 44.9 Å². The number of likely N-dealkylation sites (N-methyl/N-ethyl adjacent to an activating group) is 1. The van der Waals surface area contributed by atoms with Crippen molar-refractivity contribution in [3.05, 3.63) is 24.3 Å². The first-order valence-corrected chi connectivity index (χ1v) is 33.5. The lowest BCUT2D eigenvalue weighted by molar-refractivity contribution is -0.870. The molecule has 0 radical (unpaired) electrons. The molecule has 0 aromatic heterocycles. The Balaban J connectivity index is 4.00. The van der Waals surface area contributed by atoms with Gasteiger partial charge in [0.25, 0.3) is 0 Å². The summed E-state index contributed by atoms with van der Waals surface area (Å²) in [4.78, 5) is 37.4. The molecule has 0 bridgehead atoms. The number of allylic oxidation sites excluding steroid dienone is 4. The Morgan fingerprint density at radius 2 is 0.701 bits per heavy atom. The van der Waals surface area contributed by atoms with Gasteiger partial charge in [0.1, 0.15) is 13.2 Å². The molecule has 0 amide bonds. The topological polar surface area (TPSA) is 111 Å². The fraction of sp³-hybridized carbons (Fsp3) is 0.897. The van der Waals surface area contributed by atoms with Crippen LogP contribution in [0.25, 0.3) is 0 Å². The Morgan fingerprint density at radius 1 is 0.390 bits per heavy atom. The number of aliphatic carboxylic acids is 1. The van der Waals surface area contributed by atoms with Gasteiger partial charge in [0.2, 0.25) is 0 Å². The molecule has 0 aromatic rings. The average Bonchev–Trinajstić information content (AvgIpc) is 3.40. The van der Waals surface area contributed by atoms with Crippen LogP contribution in [0.2, 0.25) is 0 Å².